The zero-order valence-corrected chi connectivity index (χ0v) is 13.7. The molecule has 1 saturated heterocycles. The lowest BCUT2D eigenvalue weighted by Gasteiger charge is -2.35. The molecule has 1 heterocycles. The molecule has 1 aromatic rings. The molecule has 1 aliphatic heterocycles. The van der Waals surface area contributed by atoms with Gasteiger partial charge < -0.3 is 15.4 Å². The Morgan fingerprint density at radius 3 is 2.35 bits per heavy atom. The van der Waals surface area contributed by atoms with E-state index in [2.05, 4.69) is 0 Å². The third kappa shape index (κ3) is 4.79. The molecule has 2 rings (SSSR count). The number of piperazine rings is 1. The minimum Gasteiger partial charge on any atom is -0.444 e. The molecule has 0 atom stereocenters. The highest BCUT2D eigenvalue weighted by atomic mass is 19.1. The second-order valence-corrected chi connectivity index (χ2v) is 6.71. The normalized spacial score (nSPS) is 16.5. The summed E-state index contributed by atoms with van der Waals surface area (Å²) in [5.74, 6) is -1.13. The molecule has 1 aliphatic rings. The molecule has 0 unspecified atom stereocenters. The van der Waals surface area contributed by atoms with E-state index in [1.807, 2.05) is 25.7 Å². The summed E-state index contributed by atoms with van der Waals surface area (Å²) in [7, 11) is 0. The number of nitrogens with two attached hydrogens (primary N) is 1. The van der Waals surface area contributed by atoms with E-state index in [1.165, 1.54) is 0 Å². The fraction of sp³-hybridized carbons (Fsp3) is 0.562. The van der Waals surface area contributed by atoms with Crippen molar-refractivity contribution in [3.8, 4) is 0 Å². The third-order valence-corrected chi connectivity index (χ3v) is 3.58. The number of hydrogen-bond donors (Lipinski definition) is 1. The van der Waals surface area contributed by atoms with Crippen molar-refractivity contribution in [3.05, 3.63) is 29.3 Å². The quantitative estimate of drug-likeness (QED) is 0.848. The van der Waals surface area contributed by atoms with E-state index in [-0.39, 0.29) is 23.9 Å². The van der Waals surface area contributed by atoms with E-state index in [1.54, 1.807) is 4.90 Å². The molecule has 0 spiro atoms. The summed E-state index contributed by atoms with van der Waals surface area (Å²) in [6, 6.07) is 2.13. The number of carbonyl (C=O) groups excluding carboxylic acids is 1. The van der Waals surface area contributed by atoms with E-state index in [9.17, 15) is 13.6 Å². The van der Waals surface area contributed by atoms with Crippen LogP contribution in [0.4, 0.5) is 19.3 Å². The predicted molar refractivity (Wildman–Crippen MR) is 83.9 cm³/mol. The summed E-state index contributed by atoms with van der Waals surface area (Å²) in [5.41, 5.74) is 4.88. The Hall–Kier alpha value is -1.89. The van der Waals surface area contributed by atoms with Gasteiger partial charge in [-0.05, 0) is 26.8 Å². The SMILES string of the molecule is CC(C)(C)OC(=O)N1CCN(Cc2cc(F)c(N)cc2F)CC1. The molecule has 2 N–H and O–H groups in total. The number of anilines is 1. The second kappa shape index (κ2) is 6.70. The fourth-order valence-corrected chi connectivity index (χ4v) is 2.38. The Morgan fingerprint density at radius 2 is 1.78 bits per heavy atom. The fourth-order valence-electron chi connectivity index (χ4n) is 2.38. The lowest BCUT2D eigenvalue weighted by Crippen LogP contribution is -2.49. The topological polar surface area (TPSA) is 58.8 Å². The first-order chi connectivity index (χ1) is 10.7. The standard InChI is InChI=1S/C16H23F2N3O2/c1-16(2,3)23-15(22)21-6-4-20(5-7-21)10-11-8-13(18)14(19)9-12(11)17/h8-9H,4-7,10,19H2,1-3H3. The van der Waals surface area contributed by atoms with Gasteiger partial charge in [0.25, 0.3) is 0 Å². The van der Waals surface area contributed by atoms with Gasteiger partial charge in [0.05, 0.1) is 5.69 Å². The summed E-state index contributed by atoms with van der Waals surface area (Å²) >= 11 is 0. The monoisotopic (exact) mass is 327 g/mol. The summed E-state index contributed by atoms with van der Waals surface area (Å²) < 4.78 is 32.6. The molecule has 128 valence electrons. The van der Waals surface area contributed by atoms with Crippen molar-refractivity contribution >= 4 is 11.8 Å². The van der Waals surface area contributed by atoms with Crippen molar-refractivity contribution in [3.63, 3.8) is 0 Å². The number of nitrogens with zero attached hydrogens (tertiary/aromatic N) is 2. The van der Waals surface area contributed by atoms with E-state index >= 15 is 0 Å². The number of rotatable bonds is 2. The van der Waals surface area contributed by atoms with Crippen LogP contribution in [0.25, 0.3) is 0 Å². The van der Waals surface area contributed by atoms with Crippen molar-refractivity contribution in [1.29, 1.82) is 0 Å². The van der Waals surface area contributed by atoms with Gasteiger partial charge in [0, 0.05) is 44.4 Å². The highest BCUT2D eigenvalue weighted by Crippen LogP contribution is 2.19. The lowest BCUT2D eigenvalue weighted by molar-refractivity contribution is 0.0138. The van der Waals surface area contributed by atoms with Crippen LogP contribution in [-0.2, 0) is 11.3 Å². The molecule has 0 aromatic heterocycles. The largest absolute Gasteiger partial charge is 0.444 e. The number of ether oxygens (including phenoxy) is 1. The van der Waals surface area contributed by atoms with Crippen molar-refractivity contribution in [2.45, 2.75) is 32.9 Å². The van der Waals surface area contributed by atoms with Crippen LogP contribution in [0.15, 0.2) is 12.1 Å². The maximum Gasteiger partial charge on any atom is 0.410 e. The van der Waals surface area contributed by atoms with Gasteiger partial charge in [-0.25, -0.2) is 13.6 Å². The molecule has 0 saturated carbocycles. The number of nitrogen functional groups attached to an aromatic ring is 1. The Kier molecular flexibility index (Phi) is 5.09. The molecule has 0 aliphatic carbocycles. The third-order valence-electron chi connectivity index (χ3n) is 3.58. The number of carbonyl (C=O) groups is 1. The van der Waals surface area contributed by atoms with Gasteiger partial charge >= 0.3 is 6.09 Å². The number of hydrogen-bond acceptors (Lipinski definition) is 4. The number of benzene rings is 1. The Bertz CT molecular complexity index is 579. The average molecular weight is 327 g/mol. The molecular weight excluding hydrogens is 304 g/mol. The molecule has 1 aromatic carbocycles. The highest BCUT2D eigenvalue weighted by molar-refractivity contribution is 5.68. The van der Waals surface area contributed by atoms with Gasteiger partial charge in [-0.2, -0.15) is 0 Å². The van der Waals surface area contributed by atoms with Crippen LogP contribution >= 0.6 is 0 Å². The Morgan fingerprint density at radius 1 is 1.17 bits per heavy atom. The van der Waals surface area contributed by atoms with Gasteiger partial charge in [0.15, 0.2) is 0 Å². The average Bonchev–Trinajstić information content (AvgIpc) is 2.43. The smallest absolute Gasteiger partial charge is 0.410 e. The summed E-state index contributed by atoms with van der Waals surface area (Å²) in [5, 5.41) is 0. The van der Waals surface area contributed by atoms with Crippen LogP contribution < -0.4 is 5.73 Å². The van der Waals surface area contributed by atoms with Gasteiger partial charge in [-0.15, -0.1) is 0 Å². The maximum atomic E-state index is 13.8. The summed E-state index contributed by atoms with van der Waals surface area (Å²) in [4.78, 5) is 15.6. The minimum atomic E-state index is -0.617. The van der Waals surface area contributed by atoms with Crippen LogP contribution in [0.1, 0.15) is 26.3 Å². The minimum absolute atomic E-state index is 0.194. The molecule has 1 fully saturated rings. The molecule has 23 heavy (non-hydrogen) atoms. The summed E-state index contributed by atoms with van der Waals surface area (Å²) in [6.07, 6.45) is -0.346. The van der Waals surface area contributed by atoms with Gasteiger partial charge in [0.2, 0.25) is 0 Å². The Balaban J connectivity index is 1.90. The first-order valence-corrected chi connectivity index (χ1v) is 7.59. The van der Waals surface area contributed by atoms with Crippen molar-refractivity contribution in [2.24, 2.45) is 0 Å². The molecule has 0 bridgehead atoms. The van der Waals surface area contributed by atoms with Crippen molar-refractivity contribution in [1.82, 2.24) is 9.80 Å². The number of halogens is 2. The molecule has 0 radical (unpaired) electrons. The van der Waals surface area contributed by atoms with E-state index < -0.39 is 17.2 Å². The first-order valence-electron chi connectivity index (χ1n) is 7.59. The van der Waals surface area contributed by atoms with Crippen molar-refractivity contribution < 1.29 is 18.3 Å². The molecule has 7 heteroatoms. The van der Waals surface area contributed by atoms with E-state index in [0.717, 1.165) is 12.1 Å². The van der Waals surface area contributed by atoms with Crippen LogP contribution in [-0.4, -0.2) is 47.7 Å². The molecule has 5 nitrogen and oxygen atoms in total. The van der Waals surface area contributed by atoms with Crippen molar-refractivity contribution in [2.75, 3.05) is 31.9 Å². The maximum absolute atomic E-state index is 13.8. The van der Waals surface area contributed by atoms with Gasteiger partial charge in [-0.3, -0.25) is 4.90 Å². The molecular formula is C16H23F2N3O2. The highest BCUT2D eigenvalue weighted by Gasteiger charge is 2.26. The lowest BCUT2D eigenvalue weighted by atomic mass is 10.1. The summed E-state index contributed by atoms with van der Waals surface area (Å²) in [6.45, 7) is 7.88. The van der Waals surface area contributed by atoms with E-state index in [4.69, 9.17) is 10.5 Å². The predicted octanol–water partition coefficient (Wildman–Crippen LogP) is 2.60. The van der Waals surface area contributed by atoms with Crippen LogP contribution in [0.2, 0.25) is 0 Å². The van der Waals surface area contributed by atoms with E-state index in [0.29, 0.717) is 26.2 Å². The van der Waals surface area contributed by atoms with Gasteiger partial charge in [0.1, 0.15) is 17.2 Å². The number of amides is 1. The zero-order valence-electron chi connectivity index (χ0n) is 13.7. The van der Waals surface area contributed by atoms with Crippen LogP contribution in [0.3, 0.4) is 0 Å². The van der Waals surface area contributed by atoms with Crippen LogP contribution in [0, 0.1) is 11.6 Å². The zero-order chi connectivity index (χ0) is 17.2. The van der Waals surface area contributed by atoms with Gasteiger partial charge in [-0.1, -0.05) is 0 Å². The van der Waals surface area contributed by atoms with Crippen LogP contribution in [0.5, 0.6) is 0 Å². The second-order valence-electron chi connectivity index (χ2n) is 6.71. The molecule has 1 amide bonds. The first kappa shape index (κ1) is 17.5. The Labute approximate surface area is 135 Å².